The molecule has 0 aromatic rings. The van der Waals surface area contributed by atoms with E-state index in [2.05, 4.69) is 13.8 Å². The van der Waals surface area contributed by atoms with Gasteiger partial charge >= 0.3 is 0 Å². The molecule has 15 heavy (non-hydrogen) atoms. The van der Waals surface area contributed by atoms with E-state index < -0.39 is 0 Å². The van der Waals surface area contributed by atoms with Crippen LogP contribution in [0.4, 0.5) is 0 Å². The quantitative estimate of drug-likeness (QED) is 0.653. The largest absolute Gasteiger partial charge is 0.371 e. The average molecular weight is 209 g/mol. The molecule has 3 heteroatoms. The minimum absolute atomic E-state index is 0.0642. The van der Waals surface area contributed by atoms with E-state index in [-0.39, 0.29) is 16.9 Å². The molecule has 0 N–H and O–H groups in total. The van der Waals surface area contributed by atoms with Crippen molar-refractivity contribution in [1.82, 2.24) is 4.90 Å². The van der Waals surface area contributed by atoms with Crippen molar-refractivity contribution in [3.63, 3.8) is 0 Å². The summed E-state index contributed by atoms with van der Waals surface area (Å²) in [4.78, 5) is 14.0. The first-order chi connectivity index (χ1) is 7.03. The maximum absolute atomic E-state index is 12.0. The molecule has 1 aliphatic carbocycles. The Morgan fingerprint density at radius 2 is 2.07 bits per heavy atom. The Kier molecular flexibility index (Phi) is 1.77. The molecule has 1 unspecified atom stereocenters. The summed E-state index contributed by atoms with van der Waals surface area (Å²) in [6.45, 7) is 6.93. The normalized spacial score (nSPS) is 35.3. The summed E-state index contributed by atoms with van der Waals surface area (Å²) in [5, 5.41) is 0. The van der Waals surface area contributed by atoms with Crippen LogP contribution in [0, 0.1) is 11.3 Å². The van der Waals surface area contributed by atoms with Gasteiger partial charge in [0.25, 0.3) is 0 Å². The van der Waals surface area contributed by atoms with Crippen LogP contribution in [0.2, 0.25) is 0 Å². The summed E-state index contributed by atoms with van der Waals surface area (Å²) in [7, 11) is 0. The second-order valence-electron chi connectivity index (χ2n) is 6.07. The third-order valence-electron chi connectivity index (χ3n) is 4.27. The molecule has 84 valence electrons. The van der Waals surface area contributed by atoms with Crippen LogP contribution in [0.3, 0.4) is 0 Å². The fraction of sp³-hybridized carbons (Fsp3) is 0.917. The van der Waals surface area contributed by atoms with Crippen molar-refractivity contribution in [3.05, 3.63) is 0 Å². The summed E-state index contributed by atoms with van der Waals surface area (Å²) < 4.78 is 5.72. The summed E-state index contributed by atoms with van der Waals surface area (Å²) in [5.41, 5.74) is 0.324. The molecule has 0 bridgehead atoms. The van der Waals surface area contributed by atoms with Crippen molar-refractivity contribution in [1.29, 1.82) is 0 Å². The van der Waals surface area contributed by atoms with Gasteiger partial charge in [-0.25, -0.2) is 0 Å². The molecular formula is C12H19NO2. The van der Waals surface area contributed by atoms with E-state index in [4.69, 9.17) is 4.74 Å². The fourth-order valence-electron chi connectivity index (χ4n) is 2.92. The predicted molar refractivity (Wildman–Crippen MR) is 56.4 cm³/mol. The first kappa shape index (κ1) is 9.64. The first-order valence-corrected chi connectivity index (χ1v) is 5.95. The van der Waals surface area contributed by atoms with Crippen LogP contribution in [0.5, 0.6) is 0 Å². The van der Waals surface area contributed by atoms with Gasteiger partial charge in [-0.15, -0.1) is 0 Å². The van der Waals surface area contributed by atoms with E-state index in [1.807, 2.05) is 4.90 Å². The van der Waals surface area contributed by atoms with E-state index in [0.29, 0.717) is 5.91 Å². The number of amides is 1. The second kappa shape index (κ2) is 2.76. The molecule has 3 nitrogen and oxygen atoms in total. The Morgan fingerprint density at radius 3 is 2.53 bits per heavy atom. The Balaban J connectivity index is 1.57. The van der Waals surface area contributed by atoms with Gasteiger partial charge in [0, 0.05) is 12.5 Å². The van der Waals surface area contributed by atoms with Crippen molar-refractivity contribution < 1.29 is 9.53 Å². The van der Waals surface area contributed by atoms with Gasteiger partial charge in [0.1, 0.15) is 5.60 Å². The van der Waals surface area contributed by atoms with E-state index in [1.165, 1.54) is 0 Å². The van der Waals surface area contributed by atoms with Gasteiger partial charge in [-0.1, -0.05) is 13.8 Å². The highest BCUT2D eigenvalue weighted by molar-refractivity contribution is 5.83. The lowest BCUT2D eigenvalue weighted by molar-refractivity contribution is -0.159. The lowest BCUT2D eigenvalue weighted by Gasteiger charge is -2.47. The van der Waals surface area contributed by atoms with Crippen LogP contribution in [0.25, 0.3) is 0 Å². The number of ether oxygens (including phenoxy) is 1. The second-order valence-corrected chi connectivity index (χ2v) is 6.07. The van der Waals surface area contributed by atoms with Gasteiger partial charge in [0.2, 0.25) is 5.91 Å². The zero-order valence-corrected chi connectivity index (χ0v) is 9.58. The standard InChI is InChI=1S/C12H19NO2/c1-11(2)6-9(11)10(14)13-7-12(8-13)4-3-5-15-12/h9H,3-8H2,1-2H3. The number of hydrogen-bond donors (Lipinski definition) is 0. The number of rotatable bonds is 1. The lowest BCUT2D eigenvalue weighted by Crippen LogP contribution is -2.63. The van der Waals surface area contributed by atoms with E-state index in [0.717, 1.165) is 39.0 Å². The van der Waals surface area contributed by atoms with Crippen molar-refractivity contribution in [3.8, 4) is 0 Å². The van der Waals surface area contributed by atoms with Crippen molar-refractivity contribution >= 4 is 5.91 Å². The Bertz CT molecular complexity index is 297. The number of carbonyl (C=O) groups excluding carboxylic acids is 1. The fourth-order valence-corrected chi connectivity index (χ4v) is 2.92. The molecule has 0 aromatic carbocycles. The summed E-state index contributed by atoms with van der Waals surface area (Å²) >= 11 is 0. The Hall–Kier alpha value is -0.570. The molecule has 1 atom stereocenters. The van der Waals surface area contributed by atoms with Crippen LogP contribution in [0.1, 0.15) is 33.1 Å². The molecule has 1 amide bonds. The molecule has 3 fully saturated rings. The number of hydrogen-bond acceptors (Lipinski definition) is 2. The number of likely N-dealkylation sites (tertiary alicyclic amines) is 1. The Morgan fingerprint density at radius 1 is 1.40 bits per heavy atom. The van der Waals surface area contributed by atoms with Gasteiger partial charge < -0.3 is 9.64 Å². The minimum Gasteiger partial charge on any atom is -0.371 e. The molecular weight excluding hydrogens is 190 g/mol. The molecule has 3 rings (SSSR count). The molecule has 0 radical (unpaired) electrons. The molecule has 2 saturated heterocycles. The van der Waals surface area contributed by atoms with E-state index in [1.54, 1.807) is 0 Å². The average Bonchev–Trinajstić information content (AvgIpc) is 2.63. The highest BCUT2D eigenvalue weighted by Gasteiger charge is 2.56. The first-order valence-electron chi connectivity index (χ1n) is 5.95. The summed E-state index contributed by atoms with van der Waals surface area (Å²) in [6.07, 6.45) is 3.37. The van der Waals surface area contributed by atoms with Gasteiger partial charge in [0.15, 0.2) is 0 Å². The molecule has 3 aliphatic rings. The van der Waals surface area contributed by atoms with Crippen LogP contribution >= 0.6 is 0 Å². The molecule has 1 saturated carbocycles. The predicted octanol–water partition coefficient (Wildman–Crippen LogP) is 1.42. The topological polar surface area (TPSA) is 29.5 Å². The summed E-state index contributed by atoms with van der Waals surface area (Å²) in [6, 6.07) is 0. The highest BCUT2D eigenvalue weighted by Crippen LogP contribution is 2.53. The lowest BCUT2D eigenvalue weighted by atomic mass is 9.90. The molecule has 2 heterocycles. The maximum atomic E-state index is 12.0. The van der Waals surface area contributed by atoms with E-state index in [9.17, 15) is 4.79 Å². The zero-order chi connectivity index (χ0) is 10.7. The van der Waals surface area contributed by atoms with Gasteiger partial charge in [-0.2, -0.15) is 0 Å². The zero-order valence-electron chi connectivity index (χ0n) is 9.58. The van der Waals surface area contributed by atoms with Gasteiger partial charge in [0.05, 0.1) is 13.1 Å². The van der Waals surface area contributed by atoms with Crippen LogP contribution < -0.4 is 0 Å². The molecule has 1 spiro atoms. The van der Waals surface area contributed by atoms with Gasteiger partial charge in [-0.3, -0.25) is 4.79 Å². The van der Waals surface area contributed by atoms with Crippen LogP contribution in [-0.2, 0) is 9.53 Å². The van der Waals surface area contributed by atoms with Crippen LogP contribution in [0.15, 0.2) is 0 Å². The number of carbonyl (C=O) groups is 1. The molecule has 0 aromatic heterocycles. The summed E-state index contributed by atoms with van der Waals surface area (Å²) in [5.74, 6) is 0.650. The third-order valence-corrected chi connectivity index (χ3v) is 4.27. The SMILES string of the molecule is CC1(C)CC1C(=O)N1CC2(CCCO2)C1. The maximum Gasteiger partial charge on any atom is 0.226 e. The Labute approximate surface area is 90.8 Å². The van der Waals surface area contributed by atoms with Gasteiger partial charge in [-0.05, 0) is 24.7 Å². The molecule has 2 aliphatic heterocycles. The van der Waals surface area contributed by atoms with Crippen molar-refractivity contribution in [2.45, 2.75) is 38.7 Å². The minimum atomic E-state index is 0.0642. The number of nitrogens with zero attached hydrogens (tertiary/aromatic N) is 1. The third kappa shape index (κ3) is 1.40. The van der Waals surface area contributed by atoms with E-state index >= 15 is 0 Å². The van der Waals surface area contributed by atoms with Crippen molar-refractivity contribution in [2.75, 3.05) is 19.7 Å². The van der Waals surface area contributed by atoms with Crippen LogP contribution in [-0.4, -0.2) is 36.1 Å². The highest BCUT2D eigenvalue weighted by atomic mass is 16.5. The van der Waals surface area contributed by atoms with Crippen molar-refractivity contribution in [2.24, 2.45) is 11.3 Å². The smallest absolute Gasteiger partial charge is 0.226 e. The monoisotopic (exact) mass is 209 g/mol.